The van der Waals surface area contributed by atoms with E-state index in [1.54, 1.807) is 0 Å². The summed E-state index contributed by atoms with van der Waals surface area (Å²) in [6, 6.07) is 0. The minimum absolute atomic E-state index is 0.243. The van der Waals surface area contributed by atoms with Crippen LogP contribution in [0.15, 0.2) is 4.99 Å². The fourth-order valence-electron chi connectivity index (χ4n) is 3.55. The average Bonchev–Trinajstić information content (AvgIpc) is 3.18. The maximum Gasteiger partial charge on any atom is 0.224 e. The Morgan fingerprint density at radius 2 is 2.19 bits per heavy atom. The van der Waals surface area contributed by atoms with Crippen molar-refractivity contribution in [3.8, 4) is 0 Å². The molecule has 0 aromatic carbocycles. The molecule has 27 heavy (non-hydrogen) atoms. The summed E-state index contributed by atoms with van der Waals surface area (Å²) in [7, 11) is 0. The van der Waals surface area contributed by atoms with Crippen molar-refractivity contribution in [2.24, 2.45) is 10.9 Å². The Kier molecular flexibility index (Phi) is 10.5. The Morgan fingerprint density at radius 1 is 1.30 bits per heavy atom. The summed E-state index contributed by atoms with van der Waals surface area (Å²) in [5.41, 5.74) is 0. The summed E-state index contributed by atoms with van der Waals surface area (Å²) < 4.78 is 11.2. The molecular formula is C20H38N4O3. The third kappa shape index (κ3) is 8.93. The predicted octanol–water partition coefficient (Wildman–Crippen LogP) is 1.78. The second kappa shape index (κ2) is 12.9. The van der Waals surface area contributed by atoms with E-state index in [9.17, 15) is 4.79 Å². The van der Waals surface area contributed by atoms with E-state index in [1.807, 2.05) is 11.8 Å². The van der Waals surface area contributed by atoms with Gasteiger partial charge >= 0.3 is 0 Å². The van der Waals surface area contributed by atoms with Crippen molar-refractivity contribution >= 4 is 11.9 Å². The van der Waals surface area contributed by atoms with E-state index in [4.69, 9.17) is 9.47 Å². The zero-order valence-corrected chi connectivity index (χ0v) is 17.2. The molecule has 2 aliphatic rings. The van der Waals surface area contributed by atoms with E-state index in [-0.39, 0.29) is 12.0 Å². The van der Waals surface area contributed by atoms with Crippen molar-refractivity contribution in [1.82, 2.24) is 15.5 Å². The van der Waals surface area contributed by atoms with Gasteiger partial charge in [0.2, 0.25) is 5.91 Å². The third-order valence-electron chi connectivity index (χ3n) is 5.03. The first-order valence-corrected chi connectivity index (χ1v) is 10.7. The lowest BCUT2D eigenvalue weighted by atomic mass is 10.00. The molecule has 2 N–H and O–H groups in total. The van der Waals surface area contributed by atoms with Gasteiger partial charge in [-0.25, -0.2) is 0 Å². The molecule has 0 spiro atoms. The van der Waals surface area contributed by atoms with Gasteiger partial charge in [-0.2, -0.15) is 0 Å². The fraction of sp³-hybridized carbons (Fsp3) is 0.900. The molecule has 0 bridgehead atoms. The van der Waals surface area contributed by atoms with Gasteiger partial charge in [-0.1, -0.05) is 6.92 Å². The van der Waals surface area contributed by atoms with Crippen LogP contribution in [0.4, 0.5) is 0 Å². The molecule has 2 unspecified atom stereocenters. The first kappa shape index (κ1) is 22.0. The van der Waals surface area contributed by atoms with Crippen LogP contribution in [0.3, 0.4) is 0 Å². The lowest BCUT2D eigenvalue weighted by Crippen LogP contribution is -2.42. The first-order chi connectivity index (χ1) is 13.2. The molecule has 2 saturated heterocycles. The topological polar surface area (TPSA) is 75.2 Å². The van der Waals surface area contributed by atoms with Crippen LogP contribution in [-0.4, -0.2) is 75.4 Å². The standard InChI is InChI=1S/C20H38N4O3/c1-3-21-20(22-10-6-13-26-16-18-8-5-14-27-18)23-11-9-19(25)24-12-4-7-17(2)15-24/h17-18H,3-16H2,1-2H3,(H2,21,22,23). The Morgan fingerprint density at radius 3 is 2.93 bits per heavy atom. The van der Waals surface area contributed by atoms with Gasteiger partial charge in [0.25, 0.3) is 0 Å². The van der Waals surface area contributed by atoms with E-state index in [0.717, 1.165) is 57.9 Å². The van der Waals surface area contributed by atoms with Gasteiger partial charge in [-0.3, -0.25) is 9.79 Å². The number of aliphatic imine (C=N–C) groups is 1. The minimum Gasteiger partial charge on any atom is -0.379 e. The lowest BCUT2D eigenvalue weighted by molar-refractivity contribution is -0.132. The number of nitrogens with one attached hydrogen (secondary N) is 2. The van der Waals surface area contributed by atoms with E-state index in [2.05, 4.69) is 22.5 Å². The molecule has 0 aliphatic carbocycles. The number of rotatable bonds is 10. The molecule has 2 aliphatic heterocycles. The summed E-state index contributed by atoms with van der Waals surface area (Å²) in [4.78, 5) is 18.9. The number of guanidine groups is 1. The van der Waals surface area contributed by atoms with Crippen LogP contribution in [0, 0.1) is 5.92 Å². The lowest BCUT2D eigenvalue weighted by Gasteiger charge is -2.31. The molecule has 2 atom stereocenters. The third-order valence-corrected chi connectivity index (χ3v) is 5.03. The Bertz CT molecular complexity index is 453. The number of hydrogen-bond acceptors (Lipinski definition) is 4. The van der Waals surface area contributed by atoms with Gasteiger partial charge in [0.15, 0.2) is 5.96 Å². The molecule has 0 radical (unpaired) electrons. The SMILES string of the molecule is CCNC(=NCCCOCC1CCCO1)NCCC(=O)N1CCCC(C)C1. The average molecular weight is 383 g/mol. The number of likely N-dealkylation sites (tertiary alicyclic amines) is 1. The number of carbonyl (C=O) groups is 1. The molecule has 156 valence electrons. The minimum atomic E-state index is 0.243. The molecule has 2 rings (SSSR count). The summed E-state index contributed by atoms with van der Waals surface area (Å²) in [5, 5.41) is 6.50. The van der Waals surface area contributed by atoms with Crippen LogP contribution in [0.2, 0.25) is 0 Å². The normalized spacial score (nSPS) is 23.5. The highest BCUT2D eigenvalue weighted by atomic mass is 16.5. The Labute approximate surface area is 164 Å². The molecule has 7 nitrogen and oxygen atoms in total. The van der Waals surface area contributed by atoms with E-state index < -0.39 is 0 Å². The second-order valence-corrected chi connectivity index (χ2v) is 7.59. The van der Waals surface area contributed by atoms with Gasteiger partial charge < -0.3 is 25.0 Å². The van der Waals surface area contributed by atoms with Crippen molar-refractivity contribution in [3.05, 3.63) is 0 Å². The van der Waals surface area contributed by atoms with Gasteiger partial charge in [0.1, 0.15) is 0 Å². The van der Waals surface area contributed by atoms with E-state index >= 15 is 0 Å². The van der Waals surface area contributed by atoms with Crippen molar-refractivity contribution in [2.45, 2.75) is 58.5 Å². The quantitative estimate of drug-likeness (QED) is 0.342. The van der Waals surface area contributed by atoms with Gasteiger partial charge in [-0.05, 0) is 44.9 Å². The summed E-state index contributed by atoms with van der Waals surface area (Å²) >= 11 is 0. The number of nitrogens with zero attached hydrogens (tertiary/aromatic N) is 2. The number of carbonyl (C=O) groups excluding carboxylic acids is 1. The smallest absolute Gasteiger partial charge is 0.224 e. The maximum absolute atomic E-state index is 12.3. The predicted molar refractivity (Wildman–Crippen MR) is 108 cm³/mol. The van der Waals surface area contributed by atoms with E-state index in [1.165, 1.54) is 6.42 Å². The highest BCUT2D eigenvalue weighted by Crippen LogP contribution is 2.16. The Balaban J connectivity index is 1.57. The second-order valence-electron chi connectivity index (χ2n) is 7.59. The maximum atomic E-state index is 12.3. The molecule has 0 aromatic heterocycles. The number of hydrogen-bond donors (Lipinski definition) is 2. The van der Waals surface area contributed by atoms with Crippen LogP contribution < -0.4 is 10.6 Å². The van der Waals surface area contributed by atoms with Crippen LogP contribution in [-0.2, 0) is 14.3 Å². The zero-order chi connectivity index (χ0) is 19.3. The molecule has 0 saturated carbocycles. The molecule has 7 heteroatoms. The van der Waals surface area contributed by atoms with Crippen molar-refractivity contribution in [3.63, 3.8) is 0 Å². The van der Waals surface area contributed by atoms with Crippen LogP contribution in [0.5, 0.6) is 0 Å². The zero-order valence-electron chi connectivity index (χ0n) is 17.2. The molecule has 2 fully saturated rings. The van der Waals surface area contributed by atoms with Crippen molar-refractivity contribution < 1.29 is 14.3 Å². The molecule has 1 amide bonds. The highest BCUT2D eigenvalue weighted by Gasteiger charge is 2.20. The largest absolute Gasteiger partial charge is 0.379 e. The van der Waals surface area contributed by atoms with Crippen molar-refractivity contribution in [2.75, 3.05) is 52.5 Å². The number of amides is 1. The van der Waals surface area contributed by atoms with Crippen LogP contribution in [0.25, 0.3) is 0 Å². The summed E-state index contributed by atoms with van der Waals surface area (Å²) in [5.74, 6) is 1.64. The van der Waals surface area contributed by atoms with Crippen LogP contribution in [0.1, 0.15) is 52.4 Å². The number of piperidine rings is 1. The monoisotopic (exact) mass is 382 g/mol. The number of ether oxygens (including phenoxy) is 2. The van der Waals surface area contributed by atoms with Crippen molar-refractivity contribution in [1.29, 1.82) is 0 Å². The summed E-state index contributed by atoms with van der Waals surface area (Å²) in [6.45, 7) is 10.5. The van der Waals surface area contributed by atoms with Gasteiger partial charge in [-0.15, -0.1) is 0 Å². The summed E-state index contributed by atoms with van der Waals surface area (Å²) in [6.07, 6.45) is 6.30. The van der Waals surface area contributed by atoms with Gasteiger partial charge in [0.05, 0.1) is 12.7 Å². The fourth-order valence-corrected chi connectivity index (χ4v) is 3.55. The first-order valence-electron chi connectivity index (χ1n) is 10.7. The molecular weight excluding hydrogens is 344 g/mol. The molecule has 2 heterocycles. The highest BCUT2D eigenvalue weighted by molar-refractivity contribution is 5.81. The van der Waals surface area contributed by atoms with Crippen LogP contribution >= 0.6 is 0 Å². The van der Waals surface area contributed by atoms with E-state index in [0.29, 0.717) is 38.6 Å². The van der Waals surface area contributed by atoms with Gasteiger partial charge in [0, 0.05) is 52.4 Å². The molecule has 0 aromatic rings. The Hall–Kier alpha value is -1.34.